The molecule has 4 rings (SSSR count). The Bertz CT molecular complexity index is 983. The molecule has 0 atom stereocenters. The third-order valence-electron chi connectivity index (χ3n) is 6.68. The highest BCUT2D eigenvalue weighted by atomic mass is 19.1. The van der Waals surface area contributed by atoms with Crippen molar-refractivity contribution in [1.29, 1.82) is 0 Å². The van der Waals surface area contributed by atoms with E-state index in [1.54, 1.807) is 37.4 Å². The summed E-state index contributed by atoms with van der Waals surface area (Å²) in [6.07, 6.45) is 1.62. The minimum Gasteiger partial charge on any atom is -0.497 e. The molecule has 0 aromatic heterocycles. The first-order valence-corrected chi connectivity index (χ1v) is 11.7. The highest BCUT2D eigenvalue weighted by molar-refractivity contribution is 5.94. The number of hydrogen-bond donors (Lipinski definition) is 0. The molecule has 0 radical (unpaired) electrons. The van der Waals surface area contributed by atoms with E-state index in [1.165, 1.54) is 12.1 Å². The van der Waals surface area contributed by atoms with Gasteiger partial charge < -0.3 is 24.0 Å². The van der Waals surface area contributed by atoms with E-state index >= 15 is 0 Å². The third kappa shape index (κ3) is 5.86. The maximum atomic E-state index is 13.3. The number of morpholine rings is 1. The molecule has 2 aliphatic heterocycles. The quantitative estimate of drug-likeness (QED) is 0.621. The van der Waals surface area contributed by atoms with Crippen LogP contribution in [0.5, 0.6) is 11.5 Å². The Kier molecular flexibility index (Phi) is 7.67. The minimum atomic E-state index is -0.408. The van der Waals surface area contributed by atoms with Crippen LogP contribution in [0, 0.1) is 11.2 Å². The van der Waals surface area contributed by atoms with Gasteiger partial charge in [0.25, 0.3) is 5.91 Å². The van der Waals surface area contributed by atoms with Crippen LogP contribution < -0.4 is 9.47 Å². The first-order valence-electron chi connectivity index (χ1n) is 11.7. The molecular formula is C26H31FN2O5. The lowest BCUT2D eigenvalue weighted by atomic mass is 9.75. The second-order valence-corrected chi connectivity index (χ2v) is 8.94. The van der Waals surface area contributed by atoms with Crippen molar-refractivity contribution >= 4 is 11.8 Å². The van der Waals surface area contributed by atoms with E-state index in [9.17, 15) is 14.0 Å². The molecule has 0 N–H and O–H groups in total. The summed E-state index contributed by atoms with van der Waals surface area (Å²) in [5, 5.41) is 0. The van der Waals surface area contributed by atoms with Gasteiger partial charge in [-0.2, -0.15) is 0 Å². The summed E-state index contributed by atoms with van der Waals surface area (Å²) in [4.78, 5) is 29.8. The highest BCUT2D eigenvalue weighted by Crippen LogP contribution is 2.37. The number of carbonyl (C=O) groups is 2. The summed E-state index contributed by atoms with van der Waals surface area (Å²) in [5.41, 5.74) is 0.174. The molecule has 0 saturated carbocycles. The number of carbonyl (C=O) groups excluding carboxylic acids is 2. The molecule has 2 saturated heterocycles. The Labute approximate surface area is 199 Å². The number of ether oxygens (including phenoxy) is 3. The number of piperidine rings is 1. The lowest BCUT2D eigenvalue weighted by molar-refractivity contribution is -0.139. The fraction of sp³-hybridized carbons (Fsp3) is 0.462. The van der Waals surface area contributed by atoms with E-state index in [1.807, 2.05) is 15.9 Å². The zero-order chi connectivity index (χ0) is 24.0. The second-order valence-electron chi connectivity index (χ2n) is 8.94. The first kappa shape index (κ1) is 24.0. The molecule has 8 heteroatoms. The standard InChI is InChI=1S/C26H31FN2O5/c1-32-23-4-2-3-20(17-23)25(31)29-11-9-26(10-12-29,18-24(30)28-13-15-33-16-14-28)19-34-22-7-5-21(27)6-8-22/h2-8,17H,9-16,18-19H2,1H3. The zero-order valence-electron chi connectivity index (χ0n) is 19.5. The van der Waals surface area contributed by atoms with Crippen molar-refractivity contribution in [2.24, 2.45) is 5.41 Å². The minimum absolute atomic E-state index is 0.0496. The lowest BCUT2D eigenvalue weighted by Crippen LogP contribution is -2.49. The smallest absolute Gasteiger partial charge is 0.253 e. The van der Waals surface area contributed by atoms with Gasteiger partial charge in [-0.15, -0.1) is 0 Å². The summed E-state index contributed by atoms with van der Waals surface area (Å²) < 4.78 is 29.9. The third-order valence-corrected chi connectivity index (χ3v) is 6.68. The van der Waals surface area contributed by atoms with Crippen LogP contribution in [0.2, 0.25) is 0 Å². The van der Waals surface area contributed by atoms with Gasteiger partial charge in [0.2, 0.25) is 5.91 Å². The Morgan fingerprint density at radius 3 is 2.35 bits per heavy atom. The molecule has 2 heterocycles. The molecule has 2 amide bonds. The van der Waals surface area contributed by atoms with Gasteiger partial charge in [-0.05, 0) is 55.3 Å². The van der Waals surface area contributed by atoms with Crippen molar-refractivity contribution in [3.05, 3.63) is 59.9 Å². The molecule has 2 aromatic carbocycles. The summed E-state index contributed by atoms with van der Waals surface area (Å²) in [5.74, 6) is 0.912. The van der Waals surface area contributed by atoms with Gasteiger partial charge in [-0.3, -0.25) is 9.59 Å². The molecule has 0 bridgehead atoms. The van der Waals surface area contributed by atoms with E-state index in [2.05, 4.69) is 0 Å². The zero-order valence-corrected chi connectivity index (χ0v) is 19.5. The van der Waals surface area contributed by atoms with Crippen molar-refractivity contribution < 1.29 is 28.2 Å². The van der Waals surface area contributed by atoms with E-state index in [0.717, 1.165) is 0 Å². The van der Waals surface area contributed by atoms with Crippen molar-refractivity contribution in [3.8, 4) is 11.5 Å². The molecule has 182 valence electrons. The van der Waals surface area contributed by atoms with Crippen molar-refractivity contribution in [2.45, 2.75) is 19.3 Å². The molecule has 2 fully saturated rings. The molecule has 2 aromatic rings. The maximum absolute atomic E-state index is 13.3. The predicted octanol–water partition coefficient (Wildman–Crippen LogP) is 3.38. The Morgan fingerprint density at radius 2 is 1.68 bits per heavy atom. The van der Waals surface area contributed by atoms with Crippen LogP contribution in [0.15, 0.2) is 48.5 Å². The monoisotopic (exact) mass is 470 g/mol. The summed E-state index contributed by atoms with van der Waals surface area (Å²) in [7, 11) is 1.57. The molecule has 0 aliphatic carbocycles. The highest BCUT2D eigenvalue weighted by Gasteiger charge is 2.40. The molecule has 7 nitrogen and oxygen atoms in total. The molecule has 34 heavy (non-hydrogen) atoms. The number of methoxy groups -OCH3 is 1. The van der Waals surface area contributed by atoms with E-state index in [0.29, 0.717) is 82.3 Å². The van der Waals surface area contributed by atoms with E-state index in [4.69, 9.17) is 14.2 Å². The van der Waals surface area contributed by atoms with Gasteiger partial charge in [0.1, 0.15) is 17.3 Å². The maximum Gasteiger partial charge on any atom is 0.253 e. The average Bonchev–Trinajstić information content (AvgIpc) is 2.89. The number of nitrogens with zero attached hydrogens (tertiary/aromatic N) is 2. The van der Waals surface area contributed by atoms with Gasteiger partial charge in [0, 0.05) is 43.6 Å². The Morgan fingerprint density at radius 1 is 0.971 bits per heavy atom. The van der Waals surface area contributed by atoms with Crippen molar-refractivity contribution in [3.63, 3.8) is 0 Å². The van der Waals surface area contributed by atoms with Crippen LogP contribution in [0.25, 0.3) is 0 Å². The second kappa shape index (κ2) is 10.9. The van der Waals surface area contributed by atoms with Crippen LogP contribution in [-0.2, 0) is 9.53 Å². The van der Waals surface area contributed by atoms with Crippen LogP contribution in [0.4, 0.5) is 4.39 Å². The fourth-order valence-electron chi connectivity index (χ4n) is 4.51. The summed E-state index contributed by atoms with van der Waals surface area (Å²) >= 11 is 0. The van der Waals surface area contributed by atoms with Gasteiger partial charge in [0.15, 0.2) is 0 Å². The molecule has 2 aliphatic rings. The van der Waals surface area contributed by atoms with Crippen LogP contribution in [-0.4, -0.2) is 74.7 Å². The van der Waals surface area contributed by atoms with Gasteiger partial charge in [0.05, 0.1) is 26.9 Å². The molecule has 0 spiro atoms. The normalized spacial score (nSPS) is 17.8. The van der Waals surface area contributed by atoms with E-state index < -0.39 is 5.41 Å². The predicted molar refractivity (Wildman–Crippen MR) is 124 cm³/mol. The largest absolute Gasteiger partial charge is 0.497 e. The Balaban J connectivity index is 1.45. The average molecular weight is 471 g/mol. The number of benzene rings is 2. The number of hydrogen-bond acceptors (Lipinski definition) is 5. The summed E-state index contributed by atoms with van der Waals surface area (Å²) in [6.45, 7) is 3.66. The topological polar surface area (TPSA) is 68.3 Å². The van der Waals surface area contributed by atoms with Gasteiger partial charge >= 0.3 is 0 Å². The molecule has 0 unspecified atom stereocenters. The number of halogens is 1. The molecular weight excluding hydrogens is 439 g/mol. The van der Waals surface area contributed by atoms with E-state index in [-0.39, 0.29) is 17.6 Å². The first-order chi connectivity index (χ1) is 16.5. The lowest BCUT2D eigenvalue weighted by Gasteiger charge is -2.42. The van der Waals surface area contributed by atoms with Gasteiger partial charge in [-0.25, -0.2) is 4.39 Å². The van der Waals surface area contributed by atoms with Crippen LogP contribution in [0.3, 0.4) is 0 Å². The number of rotatable bonds is 7. The van der Waals surface area contributed by atoms with Crippen LogP contribution in [0.1, 0.15) is 29.6 Å². The van der Waals surface area contributed by atoms with Crippen LogP contribution >= 0.6 is 0 Å². The van der Waals surface area contributed by atoms with Gasteiger partial charge in [-0.1, -0.05) is 6.07 Å². The number of likely N-dealkylation sites (tertiary alicyclic amines) is 1. The SMILES string of the molecule is COc1cccc(C(=O)N2CCC(COc3ccc(F)cc3)(CC(=O)N3CCOCC3)CC2)c1. The van der Waals surface area contributed by atoms with Crippen molar-refractivity contribution in [2.75, 3.05) is 53.1 Å². The Hall–Kier alpha value is -3.13. The van der Waals surface area contributed by atoms with Crippen molar-refractivity contribution in [1.82, 2.24) is 9.80 Å². The fourth-order valence-corrected chi connectivity index (χ4v) is 4.51. The summed E-state index contributed by atoms with van der Waals surface area (Å²) in [6, 6.07) is 13.0. The number of amides is 2.